The third-order valence-electron chi connectivity index (χ3n) is 4.76. The number of halogens is 1. The van der Waals surface area contributed by atoms with Crippen LogP contribution in [0.5, 0.6) is 5.75 Å². The molecular formula is C24H25ClN2O4S. The second kappa shape index (κ2) is 10.1. The molecule has 0 saturated heterocycles. The Morgan fingerprint density at radius 3 is 2.44 bits per heavy atom. The molecule has 0 aromatic heterocycles. The fourth-order valence-electron chi connectivity index (χ4n) is 3.15. The van der Waals surface area contributed by atoms with Crippen LogP contribution >= 0.6 is 11.6 Å². The molecule has 0 unspecified atom stereocenters. The summed E-state index contributed by atoms with van der Waals surface area (Å²) >= 11 is 6.16. The highest BCUT2D eigenvalue weighted by molar-refractivity contribution is 7.92. The highest BCUT2D eigenvalue weighted by Gasteiger charge is 2.28. The number of sulfonamides is 1. The van der Waals surface area contributed by atoms with E-state index in [-0.39, 0.29) is 4.90 Å². The van der Waals surface area contributed by atoms with Gasteiger partial charge in [-0.05, 0) is 62.7 Å². The van der Waals surface area contributed by atoms with Crippen LogP contribution in [-0.2, 0) is 14.8 Å². The van der Waals surface area contributed by atoms with E-state index >= 15 is 0 Å². The van der Waals surface area contributed by atoms with Gasteiger partial charge in [0.15, 0.2) is 0 Å². The minimum absolute atomic E-state index is 0.0913. The first-order valence-electron chi connectivity index (χ1n) is 10.1. The molecular weight excluding hydrogens is 448 g/mol. The first-order valence-corrected chi connectivity index (χ1v) is 11.9. The maximum absolute atomic E-state index is 13.5. The Kier molecular flexibility index (Phi) is 7.43. The number of benzene rings is 3. The average molecular weight is 473 g/mol. The molecule has 0 aliphatic heterocycles. The Morgan fingerprint density at radius 2 is 1.75 bits per heavy atom. The zero-order valence-corrected chi connectivity index (χ0v) is 19.7. The van der Waals surface area contributed by atoms with Crippen LogP contribution in [0.4, 0.5) is 11.4 Å². The fourth-order valence-corrected chi connectivity index (χ4v) is 4.79. The van der Waals surface area contributed by atoms with Crippen molar-refractivity contribution in [2.45, 2.75) is 25.7 Å². The van der Waals surface area contributed by atoms with Crippen LogP contribution in [0.25, 0.3) is 0 Å². The van der Waals surface area contributed by atoms with Gasteiger partial charge in [0.05, 0.1) is 17.2 Å². The molecule has 3 aromatic rings. The lowest BCUT2D eigenvalue weighted by molar-refractivity contribution is -0.114. The van der Waals surface area contributed by atoms with Crippen LogP contribution in [0.1, 0.15) is 18.1 Å². The maximum atomic E-state index is 13.5. The summed E-state index contributed by atoms with van der Waals surface area (Å²) in [6.45, 7) is 5.59. The number of carbonyl (C=O) groups is 1. The number of nitrogens with zero attached hydrogens (tertiary/aromatic N) is 1. The van der Waals surface area contributed by atoms with Gasteiger partial charge in [0.2, 0.25) is 5.91 Å². The number of carbonyl (C=O) groups excluding carboxylic acids is 1. The van der Waals surface area contributed by atoms with E-state index in [0.29, 0.717) is 34.3 Å². The molecule has 32 heavy (non-hydrogen) atoms. The Hall–Kier alpha value is -3.03. The van der Waals surface area contributed by atoms with Gasteiger partial charge in [0.25, 0.3) is 10.0 Å². The molecule has 168 valence electrons. The number of hydrogen-bond donors (Lipinski definition) is 1. The van der Waals surface area contributed by atoms with Crippen LogP contribution in [-0.4, -0.2) is 27.5 Å². The Bertz CT molecular complexity index is 1210. The zero-order valence-electron chi connectivity index (χ0n) is 18.1. The molecule has 0 aliphatic rings. The maximum Gasteiger partial charge on any atom is 0.264 e. The van der Waals surface area contributed by atoms with Gasteiger partial charge < -0.3 is 10.1 Å². The summed E-state index contributed by atoms with van der Waals surface area (Å²) in [4.78, 5) is 13.0. The molecule has 0 aliphatic carbocycles. The lowest BCUT2D eigenvalue weighted by atomic mass is 10.2. The van der Waals surface area contributed by atoms with Crippen molar-refractivity contribution in [2.75, 3.05) is 22.8 Å². The van der Waals surface area contributed by atoms with Gasteiger partial charge in [-0.15, -0.1) is 0 Å². The van der Waals surface area contributed by atoms with Crippen LogP contribution in [0.15, 0.2) is 71.6 Å². The molecule has 3 aromatic carbocycles. The summed E-state index contributed by atoms with van der Waals surface area (Å²) < 4.78 is 33.6. The van der Waals surface area contributed by atoms with Crippen molar-refractivity contribution >= 4 is 38.9 Å². The largest absolute Gasteiger partial charge is 0.494 e. The Morgan fingerprint density at radius 1 is 1.03 bits per heavy atom. The van der Waals surface area contributed by atoms with Gasteiger partial charge in [0.1, 0.15) is 12.3 Å². The van der Waals surface area contributed by atoms with E-state index in [1.807, 2.05) is 13.8 Å². The monoisotopic (exact) mass is 472 g/mol. The summed E-state index contributed by atoms with van der Waals surface area (Å²) in [5.74, 6) is 0.119. The normalized spacial score (nSPS) is 11.1. The van der Waals surface area contributed by atoms with Crippen molar-refractivity contribution < 1.29 is 17.9 Å². The Labute approximate surface area is 193 Å². The number of nitrogens with one attached hydrogen (secondary N) is 1. The summed E-state index contributed by atoms with van der Waals surface area (Å²) in [5.41, 5.74) is 2.46. The second-order valence-corrected chi connectivity index (χ2v) is 9.56. The van der Waals surface area contributed by atoms with Gasteiger partial charge in [-0.3, -0.25) is 9.10 Å². The molecule has 0 heterocycles. The van der Waals surface area contributed by atoms with Gasteiger partial charge >= 0.3 is 0 Å². The molecule has 0 bridgehead atoms. The number of ether oxygens (including phenoxy) is 1. The third kappa shape index (κ3) is 5.60. The van der Waals surface area contributed by atoms with Crippen LogP contribution < -0.4 is 14.4 Å². The number of hydrogen-bond acceptors (Lipinski definition) is 4. The first kappa shape index (κ1) is 23.6. The van der Waals surface area contributed by atoms with Crippen molar-refractivity contribution in [1.29, 1.82) is 0 Å². The summed E-state index contributed by atoms with van der Waals surface area (Å²) in [7, 11) is -4.03. The minimum atomic E-state index is -4.03. The highest BCUT2D eigenvalue weighted by atomic mass is 35.5. The SMILES string of the molecule is CCOc1cccc(NC(=O)CN(c2cc(Cl)ccc2C)S(=O)(=O)c2ccc(C)cc2)c1. The lowest BCUT2D eigenvalue weighted by Gasteiger charge is -2.26. The number of anilines is 2. The third-order valence-corrected chi connectivity index (χ3v) is 6.77. The summed E-state index contributed by atoms with van der Waals surface area (Å²) in [5, 5.41) is 3.12. The number of rotatable bonds is 8. The molecule has 1 N–H and O–H groups in total. The molecule has 0 radical (unpaired) electrons. The molecule has 0 saturated carbocycles. The van der Waals surface area contributed by atoms with Crippen molar-refractivity contribution in [1.82, 2.24) is 0 Å². The van der Waals surface area contributed by atoms with Gasteiger partial charge in [0, 0.05) is 16.8 Å². The second-order valence-electron chi connectivity index (χ2n) is 7.26. The van der Waals surface area contributed by atoms with E-state index in [4.69, 9.17) is 16.3 Å². The average Bonchev–Trinajstić information content (AvgIpc) is 2.74. The van der Waals surface area contributed by atoms with E-state index in [1.54, 1.807) is 61.5 Å². The van der Waals surface area contributed by atoms with E-state index in [1.165, 1.54) is 12.1 Å². The minimum Gasteiger partial charge on any atom is -0.494 e. The van der Waals surface area contributed by atoms with E-state index < -0.39 is 22.5 Å². The van der Waals surface area contributed by atoms with Crippen LogP contribution in [0.3, 0.4) is 0 Å². The van der Waals surface area contributed by atoms with E-state index in [2.05, 4.69) is 5.32 Å². The molecule has 0 atom stereocenters. The van der Waals surface area contributed by atoms with Crippen LogP contribution in [0.2, 0.25) is 5.02 Å². The zero-order chi connectivity index (χ0) is 23.3. The van der Waals surface area contributed by atoms with E-state index in [9.17, 15) is 13.2 Å². The first-order chi connectivity index (χ1) is 15.2. The lowest BCUT2D eigenvalue weighted by Crippen LogP contribution is -2.38. The summed E-state index contributed by atoms with van der Waals surface area (Å²) in [6.07, 6.45) is 0. The van der Waals surface area contributed by atoms with Crippen molar-refractivity contribution in [2.24, 2.45) is 0 Å². The molecule has 6 nitrogen and oxygen atoms in total. The van der Waals surface area contributed by atoms with Gasteiger partial charge in [-0.1, -0.05) is 41.4 Å². The standard InChI is InChI=1S/C24H25ClN2O4S/c1-4-31-21-7-5-6-20(15-21)26-24(28)16-27(23-14-19(25)11-10-18(23)3)32(29,30)22-12-8-17(2)9-13-22/h5-15H,4,16H2,1-3H3,(H,26,28). The molecule has 1 amide bonds. The summed E-state index contributed by atoms with van der Waals surface area (Å²) in [6, 6.07) is 18.4. The van der Waals surface area contributed by atoms with Gasteiger partial charge in [-0.2, -0.15) is 0 Å². The topological polar surface area (TPSA) is 75.7 Å². The smallest absolute Gasteiger partial charge is 0.264 e. The fraction of sp³-hybridized carbons (Fsp3) is 0.208. The number of aryl methyl sites for hydroxylation is 2. The Balaban J connectivity index is 1.96. The predicted octanol–water partition coefficient (Wildman–Crippen LogP) is 5.19. The van der Waals surface area contributed by atoms with Crippen molar-refractivity contribution in [3.63, 3.8) is 0 Å². The molecule has 8 heteroatoms. The van der Waals surface area contributed by atoms with Crippen molar-refractivity contribution in [3.05, 3.63) is 82.9 Å². The van der Waals surface area contributed by atoms with Crippen molar-refractivity contribution in [3.8, 4) is 5.75 Å². The number of amides is 1. The molecule has 3 rings (SSSR count). The predicted molar refractivity (Wildman–Crippen MR) is 128 cm³/mol. The van der Waals surface area contributed by atoms with Gasteiger partial charge in [-0.25, -0.2) is 8.42 Å². The highest BCUT2D eigenvalue weighted by Crippen LogP contribution is 2.30. The van der Waals surface area contributed by atoms with Crippen LogP contribution in [0, 0.1) is 13.8 Å². The van der Waals surface area contributed by atoms with E-state index in [0.717, 1.165) is 9.87 Å². The molecule has 0 fully saturated rings. The quantitative estimate of drug-likeness (QED) is 0.489. The molecule has 0 spiro atoms.